The van der Waals surface area contributed by atoms with Crippen LogP contribution in [-0.2, 0) is 0 Å². The van der Waals surface area contributed by atoms with E-state index in [0.717, 1.165) is 16.6 Å². The van der Waals surface area contributed by atoms with Gasteiger partial charge in [-0.1, -0.05) is 11.6 Å². The van der Waals surface area contributed by atoms with Crippen molar-refractivity contribution in [2.45, 2.75) is 12.3 Å². The van der Waals surface area contributed by atoms with E-state index < -0.39 is 6.17 Å². The summed E-state index contributed by atoms with van der Waals surface area (Å²) in [4.78, 5) is 11.3. The molecule has 1 aliphatic heterocycles. The number of hydrogen-bond acceptors (Lipinski definition) is 3. The SMILES string of the molecule is FC1C=NC(c2c[nH]c3ncc(Cl)cc23)NC1. The van der Waals surface area contributed by atoms with E-state index in [1.54, 1.807) is 6.20 Å². The lowest BCUT2D eigenvalue weighted by atomic mass is 10.1. The van der Waals surface area contributed by atoms with E-state index in [-0.39, 0.29) is 12.7 Å². The predicted octanol–water partition coefficient (Wildman–Crippen LogP) is 2.23. The third-order valence-corrected chi connectivity index (χ3v) is 2.93. The number of hydrogen-bond donors (Lipinski definition) is 2. The molecule has 0 amide bonds. The summed E-state index contributed by atoms with van der Waals surface area (Å²) in [6, 6.07) is 1.83. The summed E-state index contributed by atoms with van der Waals surface area (Å²) in [5.41, 5.74) is 1.68. The maximum Gasteiger partial charge on any atom is 0.147 e. The van der Waals surface area contributed by atoms with Crippen LogP contribution in [0.25, 0.3) is 11.0 Å². The van der Waals surface area contributed by atoms with Crippen LogP contribution in [0.3, 0.4) is 0 Å². The molecule has 0 saturated heterocycles. The lowest BCUT2D eigenvalue weighted by molar-refractivity contribution is 0.369. The van der Waals surface area contributed by atoms with E-state index in [2.05, 4.69) is 20.3 Å². The second-order valence-electron chi connectivity index (χ2n) is 3.92. The summed E-state index contributed by atoms with van der Waals surface area (Å²) in [5, 5.41) is 4.50. The molecule has 0 spiro atoms. The first kappa shape index (κ1) is 10.7. The molecule has 0 fully saturated rings. The predicted molar refractivity (Wildman–Crippen MR) is 65.2 cm³/mol. The van der Waals surface area contributed by atoms with Gasteiger partial charge < -0.3 is 4.98 Å². The fourth-order valence-electron chi connectivity index (χ4n) is 1.92. The molecule has 0 aliphatic carbocycles. The zero-order valence-corrected chi connectivity index (χ0v) is 9.58. The third-order valence-electron chi connectivity index (χ3n) is 2.73. The minimum absolute atomic E-state index is 0.240. The standard InChI is InChI=1S/C11H10ClFN4/c12-6-1-8-9(5-17-10(8)14-2-6)11-15-3-7(13)4-16-11/h1-3,5,7,11,16H,4H2,(H,14,17). The molecule has 2 atom stereocenters. The van der Waals surface area contributed by atoms with Gasteiger partial charge >= 0.3 is 0 Å². The Hall–Kier alpha value is -1.46. The van der Waals surface area contributed by atoms with Crippen LogP contribution in [0.2, 0.25) is 5.02 Å². The monoisotopic (exact) mass is 252 g/mol. The second-order valence-corrected chi connectivity index (χ2v) is 4.36. The van der Waals surface area contributed by atoms with Crippen molar-refractivity contribution in [3.05, 3.63) is 29.0 Å². The van der Waals surface area contributed by atoms with Crippen LogP contribution >= 0.6 is 11.6 Å². The fraction of sp³-hybridized carbons (Fsp3) is 0.273. The van der Waals surface area contributed by atoms with Crippen LogP contribution in [0.1, 0.15) is 11.7 Å². The molecule has 1 aliphatic rings. The lowest BCUT2D eigenvalue weighted by Crippen LogP contribution is -2.32. The van der Waals surface area contributed by atoms with Crippen LogP contribution in [0, 0.1) is 0 Å². The molecule has 0 radical (unpaired) electrons. The van der Waals surface area contributed by atoms with Gasteiger partial charge in [0.25, 0.3) is 0 Å². The van der Waals surface area contributed by atoms with Gasteiger partial charge in [-0.25, -0.2) is 9.37 Å². The summed E-state index contributed by atoms with van der Waals surface area (Å²) in [7, 11) is 0. The molecule has 0 saturated carbocycles. The zero-order valence-electron chi connectivity index (χ0n) is 8.82. The number of aromatic nitrogens is 2. The molecule has 2 unspecified atom stereocenters. The van der Waals surface area contributed by atoms with E-state index in [4.69, 9.17) is 11.6 Å². The average Bonchev–Trinajstić information content (AvgIpc) is 2.73. The average molecular weight is 253 g/mol. The van der Waals surface area contributed by atoms with Gasteiger partial charge in [0, 0.05) is 36.1 Å². The molecular weight excluding hydrogens is 243 g/mol. The maximum atomic E-state index is 12.9. The van der Waals surface area contributed by atoms with E-state index >= 15 is 0 Å². The molecule has 17 heavy (non-hydrogen) atoms. The number of alkyl halides is 1. The Morgan fingerprint density at radius 3 is 3.12 bits per heavy atom. The fourth-order valence-corrected chi connectivity index (χ4v) is 2.08. The Labute approximate surface area is 102 Å². The molecule has 3 rings (SSSR count). The van der Waals surface area contributed by atoms with Crippen molar-refractivity contribution in [3.8, 4) is 0 Å². The van der Waals surface area contributed by atoms with Crippen LogP contribution < -0.4 is 5.32 Å². The van der Waals surface area contributed by atoms with Crippen LogP contribution in [0.5, 0.6) is 0 Å². The van der Waals surface area contributed by atoms with Gasteiger partial charge in [0.2, 0.25) is 0 Å². The van der Waals surface area contributed by atoms with Crippen LogP contribution in [-0.4, -0.2) is 28.9 Å². The van der Waals surface area contributed by atoms with Crippen LogP contribution in [0.4, 0.5) is 4.39 Å². The summed E-state index contributed by atoms with van der Waals surface area (Å²) < 4.78 is 12.9. The molecule has 2 aromatic rings. The molecule has 88 valence electrons. The highest BCUT2D eigenvalue weighted by atomic mass is 35.5. The molecule has 2 N–H and O–H groups in total. The molecule has 3 heterocycles. The first-order chi connectivity index (χ1) is 8.24. The number of rotatable bonds is 1. The van der Waals surface area contributed by atoms with E-state index in [1.807, 2.05) is 12.3 Å². The Morgan fingerprint density at radius 2 is 2.35 bits per heavy atom. The first-order valence-electron chi connectivity index (χ1n) is 5.27. The summed E-state index contributed by atoms with van der Waals surface area (Å²) in [5.74, 6) is 0. The van der Waals surface area contributed by atoms with Gasteiger partial charge in [0.05, 0.1) is 5.02 Å². The third kappa shape index (κ3) is 1.92. The number of nitrogens with zero attached hydrogens (tertiary/aromatic N) is 2. The number of halogens is 2. The minimum atomic E-state index is -1.02. The second kappa shape index (κ2) is 4.09. The Bertz CT molecular complexity index is 580. The number of nitrogens with one attached hydrogen (secondary N) is 2. The van der Waals surface area contributed by atoms with Gasteiger partial charge in [0.15, 0.2) is 0 Å². The summed E-state index contributed by atoms with van der Waals surface area (Å²) in [6.45, 7) is 0.273. The minimum Gasteiger partial charge on any atom is -0.346 e. The highest BCUT2D eigenvalue weighted by Gasteiger charge is 2.19. The highest BCUT2D eigenvalue weighted by molar-refractivity contribution is 6.31. The zero-order chi connectivity index (χ0) is 11.8. The smallest absolute Gasteiger partial charge is 0.147 e. The topological polar surface area (TPSA) is 53.1 Å². The number of aromatic amines is 1. The maximum absolute atomic E-state index is 12.9. The number of H-pyrrole nitrogens is 1. The van der Waals surface area contributed by atoms with Crippen molar-refractivity contribution in [2.75, 3.05) is 6.54 Å². The normalized spacial score (nSPS) is 24.4. The van der Waals surface area contributed by atoms with E-state index in [0.29, 0.717) is 5.02 Å². The largest absolute Gasteiger partial charge is 0.346 e. The van der Waals surface area contributed by atoms with Gasteiger partial charge in [-0.05, 0) is 6.07 Å². The Balaban J connectivity index is 2.05. The van der Waals surface area contributed by atoms with Crippen molar-refractivity contribution >= 4 is 28.8 Å². The Morgan fingerprint density at radius 1 is 1.47 bits per heavy atom. The van der Waals surface area contributed by atoms with Crippen LogP contribution in [0.15, 0.2) is 23.5 Å². The molecule has 0 bridgehead atoms. The quantitative estimate of drug-likeness (QED) is 0.818. The lowest BCUT2D eigenvalue weighted by Gasteiger charge is -2.19. The highest BCUT2D eigenvalue weighted by Crippen LogP contribution is 2.26. The summed E-state index contributed by atoms with van der Waals surface area (Å²) in [6.07, 6.45) is 3.48. The molecule has 6 heteroatoms. The van der Waals surface area contributed by atoms with Crippen molar-refractivity contribution in [3.63, 3.8) is 0 Å². The van der Waals surface area contributed by atoms with Crippen molar-refractivity contribution in [1.82, 2.24) is 15.3 Å². The molecule has 2 aromatic heterocycles. The Kier molecular flexibility index (Phi) is 2.57. The van der Waals surface area contributed by atoms with Crippen molar-refractivity contribution < 1.29 is 4.39 Å². The van der Waals surface area contributed by atoms with Crippen molar-refractivity contribution in [2.24, 2.45) is 4.99 Å². The van der Waals surface area contributed by atoms with E-state index in [9.17, 15) is 4.39 Å². The molecular formula is C11H10ClFN4. The first-order valence-corrected chi connectivity index (χ1v) is 5.65. The molecule has 4 nitrogen and oxygen atoms in total. The number of fused-ring (bicyclic) bond motifs is 1. The van der Waals surface area contributed by atoms with Gasteiger partial charge in [-0.3, -0.25) is 10.3 Å². The number of aliphatic imine (C=N–C) groups is 1. The summed E-state index contributed by atoms with van der Waals surface area (Å²) >= 11 is 5.91. The number of pyridine rings is 1. The van der Waals surface area contributed by atoms with Gasteiger partial charge in [-0.2, -0.15) is 0 Å². The molecule has 0 aromatic carbocycles. The van der Waals surface area contributed by atoms with Crippen molar-refractivity contribution in [1.29, 1.82) is 0 Å². The van der Waals surface area contributed by atoms with E-state index in [1.165, 1.54) is 6.21 Å². The van der Waals surface area contributed by atoms with Gasteiger partial charge in [-0.15, -0.1) is 0 Å². The van der Waals surface area contributed by atoms with Gasteiger partial charge in [0.1, 0.15) is 18.0 Å².